The molecular weight excluding hydrogens is 264 g/mol. The monoisotopic (exact) mass is 282 g/mol. The maximum absolute atomic E-state index is 9.16. The van der Waals surface area contributed by atoms with Gasteiger partial charge in [-0.25, -0.2) is 0 Å². The summed E-state index contributed by atoms with van der Waals surface area (Å²) in [6.45, 7) is 1.06. The van der Waals surface area contributed by atoms with Crippen LogP contribution in [0.2, 0.25) is 0 Å². The molecule has 108 valence electrons. The van der Waals surface area contributed by atoms with Gasteiger partial charge in [0, 0.05) is 0 Å². The van der Waals surface area contributed by atoms with E-state index >= 15 is 0 Å². The highest BCUT2D eigenvalue weighted by Gasteiger charge is 1.89. The fourth-order valence-electron chi connectivity index (χ4n) is 1.74. The summed E-state index contributed by atoms with van der Waals surface area (Å²) < 4.78 is 5.45. The Balaban J connectivity index is 1.67. The zero-order valence-corrected chi connectivity index (χ0v) is 11.6. The van der Waals surface area contributed by atoms with E-state index in [1.54, 1.807) is 24.3 Å². The Hall–Kier alpha value is -2.52. The molecule has 21 heavy (non-hydrogen) atoms. The largest absolute Gasteiger partial charge is 0.508 e. The van der Waals surface area contributed by atoms with Crippen molar-refractivity contribution in [2.75, 3.05) is 13.2 Å². The third kappa shape index (κ3) is 5.55. The summed E-state index contributed by atoms with van der Waals surface area (Å²) in [7, 11) is 0. The Bertz CT molecular complexity index is 540. The highest BCUT2D eigenvalue weighted by Crippen LogP contribution is 2.11. The predicted octanol–water partition coefficient (Wildman–Crippen LogP) is 3.84. The summed E-state index contributed by atoms with van der Waals surface area (Å²) in [4.78, 5) is 0. The van der Waals surface area contributed by atoms with Gasteiger partial charge in [0.1, 0.15) is 11.5 Å². The predicted molar refractivity (Wildman–Crippen MR) is 85.1 cm³/mol. The van der Waals surface area contributed by atoms with Crippen molar-refractivity contribution >= 4 is 12.2 Å². The van der Waals surface area contributed by atoms with Crippen molar-refractivity contribution in [3.63, 3.8) is 0 Å². The van der Waals surface area contributed by atoms with Gasteiger partial charge in [0.15, 0.2) is 0 Å². The lowest BCUT2D eigenvalue weighted by molar-refractivity contribution is 0.195. The van der Waals surface area contributed by atoms with Crippen LogP contribution in [0.4, 0.5) is 0 Å². The van der Waals surface area contributed by atoms with Gasteiger partial charge in [-0.1, -0.05) is 48.6 Å². The van der Waals surface area contributed by atoms with Crippen molar-refractivity contribution in [3.05, 3.63) is 71.8 Å². The van der Waals surface area contributed by atoms with Crippen LogP contribution in [0.1, 0.15) is 11.1 Å². The van der Waals surface area contributed by atoms with E-state index in [-0.39, 0.29) is 11.5 Å². The van der Waals surface area contributed by atoms with Gasteiger partial charge in [0.2, 0.25) is 0 Å². The molecule has 0 fully saturated rings. The van der Waals surface area contributed by atoms with Gasteiger partial charge in [0.25, 0.3) is 0 Å². The van der Waals surface area contributed by atoms with Crippen molar-refractivity contribution < 1.29 is 14.9 Å². The number of benzene rings is 2. The van der Waals surface area contributed by atoms with Crippen molar-refractivity contribution in [1.82, 2.24) is 0 Å². The summed E-state index contributed by atoms with van der Waals surface area (Å²) >= 11 is 0. The summed E-state index contributed by atoms with van der Waals surface area (Å²) in [5.41, 5.74) is 2.05. The Morgan fingerprint density at radius 3 is 1.43 bits per heavy atom. The smallest absolute Gasteiger partial charge is 0.115 e. The van der Waals surface area contributed by atoms with E-state index in [0.717, 1.165) is 11.1 Å². The molecule has 0 aliphatic carbocycles. The first-order chi connectivity index (χ1) is 10.2. The molecule has 3 heteroatoms. The van der Waals surface area contributed by atoms with Gasteiger partial charge < -0.3 is 14.9 Å². The molecular formula is C18H18O3. The lowest BCUT2D eigenvalue weighted by atomic mass is 10.2. The van der Waals surface area contributed by atoms with Gasteiger partial charge in [0.05, 0.1) is 13.2 Å². The molecule has 2 aromatic rings. The van der Waals surface area contributed by atoms with E-state index in [2.05, 4.69) is 0 Å². The maximum Gasteiger partial charge on any atom is 0.115 e. The molecule has 0 aliphatic rings. The lowest BCUT2D eigenvalue weighted by Gasteiger charge is -1.97. The van der Waals surface area contributed by atoms with E-state index in [0.29, 0.717) is 13.2 Å². The van der Waals surface area contributed by atoms with Gasteiger partial charge in [-0.05, 0) is 35.4 Å². The number of ether oxygens (including phenoxy) is 1. The third-order valence-electron chi connectivity index (χ3n) is 2.83. The number of rotatable bonds is 6. The first kappa shape index (κ1) is 14.9. The molecule has 0 amide bonds. The van der Waals surface area contributed by atoms with Crippen molar-refractivity contribution in [3.8, 4) is 11.5 Å². The molecule has 3 nitrogen and oxygen atoms in total. The number of hydrogen-bond donors (Lipinski definition) is 2. The Labute approximate surface area is 124 Å². The molecule has 0 heterocycles. The van der Waals surface area contributed by atoms with Crippen LogP contribution < -0.4 is 0 Å². The summed E-state index contributed by atoms with van der Waals surface area (Å²) in [6, 6.07) is 14.0. The normalized spacial score (nSPS) is 11.4. The van der Waals surface area contributed by atoms with Crippen LogP contribution in [0.5, 0.6) is 11.5 Å². The molecule has 0 aliphatic heterocycles. The molecule has 0 spiro atoms. The molecule has 0 radical (unpaired) electrons. The Kier molecular flexibility index (Phi) is 5.61. The second-order valence-electron chi connectivity index (χ2n) is 4.53. The van der Waals surface area contributed by atoms with Crippen LogP contribution in [-0.4, -0.2) is 23.4 Å². The molecule has 2 N–H and O–H groups in total. The van der Waals surface area contributed by atoms with Gasteiger partial charge in [-0.15, -0.1) is 0 Å². The van der Waals surface area contributed by atoms with Crippen LogP contribution >= 0.6 is 0 Å². The highest BCUT2D eigenvalue weighted by molar-refractivity contribution is 5.51. The number of hydrogen-bond acceptors (Lipinski definition) is 3. The first-order valence-electron chi connectivity index (χ1n) is 6.73. The first-order valence-corrected chi connectivity index (χ1v) is 6.73. The van der Waals surface area contributed by atoms with Crippen LogP contribution in [0.25, 0.3) is 12.2 Å². The van der Waals surface area contributed by atoms with Crippen molar-refractivity contribution in [1.29, 1.82) is 0 Å². The average molecular weight is 282 g/mol. The van der Waals surface area contributed by atoms with Crippen LogP contribution in [0, 0.1) is 0 Å². The van der Waals surface area contributed by atoms with Crippen molar-refractivity contribution in [2.45, 2.75) is 0 Å². The zero-order valence-electron chi connectivity index (χ0n) is 11.6. The van der Waals surface area contributed by atoms with Crippen LogP contribution in [0.3, 0.4) is 0 Å². The minimum Gasteiger partial charge on any atom is -0.508 e. The van der Waals surface area contributed by atoms with Gasteiger partial charge >= 0.3 is 0 Å². The summed E-state index contributed by atoms with van der Waals surface area (Å²) in [5.74, 6) is 0.533. The van der Waals surface area contributed by atoms with E-state index in [1.807, 2.05) is 48.6 Å². The maximum atomic E-state index is 9.16. The van der Waals surface area contributed by atoms with Gasteiger partial charge in [-0.2, -0.15) is 0 Å². The summed E-state index contributed by atoms with van der Waals surface area (Å²) in [5, 5.41) is 18.3. The fraction of sp³-hybridized carbons (Fsp3) is 0.111. The molecule has 0 bridgehead atoms. The second-order valence-corrected chi connectivity index (χ2v) is 4.53. The Morgan fingerprint density at radius 1 is 0.667 bits per heavy atom. The molecule has 2 aromatic carbocycles. The van der Waals surface area contributed by atoms with E-state index < -0.39 is 0 Å². The van der Waals surface area contributed by atoms with E-state index in [9.17, 15) is 0 Å². The molecule has 0 aromatic heterocycles. The molecule has 2 rings (SSSR count). The number of phenolic OH excluding ortho intramolecular Hbond substituents is 2. The lowest BCUT2D eigenvalue weighted by Crippen LogP contribution is -1.90. The molecule has 0 atom stereocenters. The van der Waals surface area contributed by atoms with E-state index in [4.69, 9.17) is 14.9 Å². The van der Waals surface area contributed by atoms with Crippen molar-refractivity contribution in [2.24, 2.45) is 0 Å². The molecule has 0 saturated carbocycles. The highest BCUT2D eigenvalue weighted by atomic mass is 16.5. The Morgan fingerprint density at radius 2 is 1.05 bits per heavy atom. The second kappa shape index (κ2) is 7.92. The molecule has 0 unspecified atom stereocenters. The standard InChI is InChI=1S/C18H18O3/c19-17-9-5-15(6-10-17)3-1-13-21-14-2-4-16-7-11-18(20)12-8-16/h1-12,19-20H,13-14H2/b3-1+,4-2+. The van der Waals surface area contributed by atoms with Crippen LogP contribution in [0.15, 0.2) is 60.7 Å². The summed E-state index contributed by atoms with van der Waals surface area (Å²) in [6.07, 6.45) is 7.76. The minimum atomic E-state index is 0.266. The fourth-order valence-corrected chi connectivity index (χ4v) is 1.74. The number of phenols is 2. The van der Waals surface area contributed by atoms with Crippen LogP contribution in [-0.2, 0) is 4.74 Å². The quantitative estimate of drug-likeness (QED) is 0.791. The van der Waals surface area contributed by atoms with E-state index in [1.165, 1.54) is 0 Å². The average Bonchev–Trinajstić information content (AvgIpc) is 2.50. The van der Waals surface area contributed by atoms with Gasteiger partial charge in [-0.3, -0.25) is 0 Å². The third-order valence-corrected chi connectivity index (χ3v) is 2.83. The molecule has 0 saturated heterocycles. The minimum absolute atomic E-state index is 0.266. The number of aromatic hydroxyl groups is 2. The zero-order chi connectivity index (χ0) is 14.9. The topological polar surface area (TPSA) is 49.7 Å². The SMILES string of the molecule is Oc1ccc(/C=C/COC/C=C/c2ccc(O)cc2)cc1.